The van der Waals surface area contributed by atoms with Crippen molar-refractivity contribution in [1.82, 2.24) is 20.2 Å². The smallest absolute Gasteiger partial charge is 0.159 e. The van der Waals surface area contributed by atoms with Gasteiger partial charge >= 0.3 is 0 Å². The van der Waals surface area contributed by atoms with E-state index in [-0.39, 0.29) is 5.25 Å². The Balaban J connectivity index is 1.92. The van der Waals surface area contributed by atoms with Gasteiger partial charge in [0.2, 0.25) is 0 Å². The molecular weight excluding hydrogens is 272 g/mol. The first-order chi connectivity index (χ1) is 9.79. The third-order valence-corrected chi connectivity index (χ3v) is 4.23. The van der Waals surface area contributed by atoms with Gasteiger partial charge in [-0.1, -0.05) is 30.0 Å². The quantitative estimate of drug-likeness (QED) is 0.589. The minimum absolute atomic E-state index is 0.221. The highest BCUT2D eigenvalue weighted by Gasteiger charge is 2.15. The summed E-state index contributed by atoms with van der Waals surface area (Å²) in [6.07, 6.45) is 3.31. The molecule has 0 fully saturated rings. The molecule has 20 heavy (non-hydrogen) atoms. The van der Waals surface area contributed by atoms with Gasteiger partial charge < -0.3 is 4.74 Å². The molecule has 3 aromatic rings. The van der Waals surface area contributed by atoms with Gasteiger partial charge in [-0.15, -0.1) is 0 Å². The van der Waals surface area contributed by atoms with E-state index >= 15 is 0 Å². The van der Waals surface area contributed by atoms with Crippen LogP contribution >= 0.6 is 11.8 Å². The van der Waals surface area contributed by atoms with Crippen LogP contribution in [0.1, 0.15) is 17.7 Å². The summed E-state index contributed by atoms with van der Waals surface area (Å²) in [7, 11) is 1.69. The first-order valence-corrected chi connectivity index (χ1v) is 7.11. The van der Waals surface area contributed by atoms with Crippen molar-refractivity contribution in [1.29, 1.82) is 0 Å². The fraction of sp³-hybridized carbons (Fsp3) is 0.214. The molecule has 0 aliphatic rings. The molecule has 1 N–H and O–H groups in total. The van der Waals surface area contributed by atoms with Crippen LogP contribution in [0, 0.1) is 0 Å². The molecule has 6 heteroatoms. The van der Waals surface area contributed by atoms with Crippen molar-refractivity contribution in [3.05, 3.63) is 42.4 Å². The number of nitrogens with zero attached hydrogens (tertiary/aromatic N) is 3. The molecule has 0 saturated carbocycles. The Morgan fingerprint density at radius 1 is 1.25 bits per heavy atom. The highest BCUT2D eigenvalue weighted by Crippen LogP contribution is 2.39. The summed E-state index contributed by atoms with van der Waals surface area (Å²) in [6.45, 7) is 2.14. The molecule has 2 heterocycles. The van der Waals surface area contributed by atoms with Crippen molar-refractivity contribution in [2.24, 2.45) is 0 Å². The van der Waals surface area contributed by atoms with E-state index in [9.17, 15) is 0 Å². The number of thioether (sulfide) groups is 1. The average Bonchev–Trinajstić information content (AvgIpc) is 2.96. The van der Waals surface area contributed by atoms with E-state index in [2.05, 4.69) is 33.2 Å². The van der Waals surface area contributed by atoms with Crippen LogP contribution in [-0.4, -0.2) is 27.3 Å². The lowest BCUT2D eigenvalue weighted by Gasteiger charge is -2.14. The second-order valence-electron chi connectivity index (χ2n) is 4.31. The topological polar surface area (TPSA) is 63.7 Å². The van der Waals surface area contributed by atoms with Gasteiger partial charge in [0.1, 0.15) is 17.1 Å². The van der Waals surface area contributed by atoms with Crippen molar-refractivity contribution in [2.75, 3.05) is 7.11 Å². The first-order valence-electron chi connectivity index (χ1n) is 6.23. The zero-order valence-corrected chi connectivity index (χ0v) is 12.0. The van der Waals surface area contributed by atoms with Gasteiger partial charge in [0.15, 0.2) is 5.65 Å². The van der Waals surface area contributed by atoms with Crippen LogP contribution in [0.25, 0.3) is 11.0 Å². The van der Waals surface area contributed by atoms with Crippen LogP contribution in [0.4, 0.5) is 0 Å². The van der Waals surface area contributed by atoms with Gasteiger partial charge in [-0.2, -0.15) is 5.10 Å². The Morgan fingerprint density at radius 3 is 2.95 bits per heavy atom. The Labute approximate surface area is 120 Å². The summed E-state index contributed by atoms with van der Waals surface area (Å²) < 4.78 is 5.41. The lowest BCUT2D eigenvalue weighted by atomic mass is 10.1. The van der Waals surface area contributed by atoms with Gasteiger partial charge in [-0.3, -0.25) is 5.10 Å². The van der Waals surface area contributed by atoms with E-state index in [4.69, 9.17) is 4.74 Å². The lowest BCUT2D eigenvalue weighted by Crippen LogP contribution is -1.95. The van der Waals surface area contributed by atoms with E-state index in [1.54, 1.807) is 31.4 Å². The molecule has 1 unspecified atom stereocenters. The third-order valence-electron chi connectivity index (χ3n) is 3.08. The molecule has 3 rings (SSSR count). The number of nitrogens with one attached hydrogen (secondary N) is 1. The van der Waals surface area contributed by atoms with E-state index in [0.717, 1.165) is 27.4 Å². The fourth-order valence-corrected chi connectivity index (χ4v) is 3.11. The number of fused-ring (bicyclic) bond motifs is 1. The molecule has 0 amide bonds. The monoisotopic (exact) mass is 286 g/mol. The molecule has 0 saturated heterocycles. The van der Waals surface area contributed by atoms with E-state index < -0.39 is 0 Å². The van der Waals surface area contributed by atoms with Crippen LogP contribution in [0.15, 0.2) is 41.8 Å². The number of para-hydroxylation sites is 1. The molecule has 102 valence electrons. The second kappa shape index (κ2) is 5.50. The van der Waals surface area contributed by atoms with Crippen LogP contribution in [0.2, 0.25) is 0 Å². The summed E-state index contributed by atoms with van der Waals surface area (Å²) in [5.41, 5.74) is 1.91. The first kappa shape index (κ1) is 12.9. The van der Waals surface area contributed by atoms with Crippen molar-refractivity contribution >= 4 is 22.8 Å². The fourth-order valence-electron chi connectivity index (χ4n) is 2.07. The van der Waals surface area contributed by atoms with Crippen LogP contribution in [0.3, 0.4) is 0 Å². The number of rotatable bonds is 4. The number of hydrogen-bond donors (Lipinski definition) is 1. The van der Waals surface area contributed by atoms with E-state index in [0.29, 0.717) is 0 Å². The summed E-state index contributed by atoms with van der Waals surface area (Å²) in [4.78, 5) is 8.50. The number of H-pyrrole nitrogens is 1. The third kappa shape index (κ3) is 2.34. The summed E-state index contributed by atoms with van der Waals surface area (Å²) in [5.74, 6) is 0.894. The number of methoxy groups -OCH3 is 1. The maximum atomic E-state index is 5.41. The highest BCUT2D eigenvalue weighted by molar-refractivity contribution is 7.99. The standard InChI is InChI=1S/C14H14N4OS/c1-9(10-5-3-4-6-12(10)19-2)20-14-11-7-17-18-13(11)15-8-16-14/h3-9H,1-2H3,(H,15,16,17,18). The molecule has 1 atom stereocenters. The number of benzene rings is 1. The predicted molar refractivity (Wildman–Crippen MR) is 78.9 cm³/mol. The maximum absolute atomic E-state index is 5.41. The molecule has 0 radical (unpaired) electrons. The normalized spacial score (nSPS) is 12.5. The number of aromatic nitrogens is 4. The van der Waals surface area contributed by atoms with E-state index in [1.165, 1.54) is 0 Å². The van der Waals surface area contributed by atoms with Crippen molar-refractivity contribution in [3.8, 4) is 5.75 Å². The van der Waals surface area contributed by atoms with Gasteiger partial charge in [-0.25, -0.2) is 9.97 Å². The van der Waals surface area contributed by atoms with Crippen molar-refractivity contribution in [3.63, 3.8) is 0 Å². The Bertz CT molecular complexity index is 728. The van der Waals surface area contributed by atoms with Crippen molar-refractivity contribution in [2.45, 2.75) is 17.2 Å². The molecule has 5 nitrogen and oxygen atoms in total. The summed E-state index contributed by atoms with van der Waals surface area (Å²) in [6, 6.07) is 8.03. The zero-order valence-electron chi connectivity index (χ0n) is 11.2. The molecule has 0 aliphatic carbocycles. The molecule has 0 aliphatic heterocycles. The molecular formula is C14H14N4OS. The zero-order chi connectivity index (χ0) is 13.9. The minimum Gasteiger partial charge on any atom is -0.496 e. The SMILES string of the molecule is COc1ccccc1C(C)Sc1ncnc2[nH]ncc12. The van der Waals surface area contributed by atoms with Gasteiger partial charge in [0.05, 0.1) is 18.7 Å². The Hall–Kier alpha value is -2.08. The average molecular weight is 286 g/mol. The number of ether oxygens (including phenoxy) is 1. The molecule has 0 bridgehead atoms. The van der Waals surface area contributed by atoms with Crippen LogP contribution in [-0.2, 0) is 0 Å². The van der Waals surface area contributed by atoms with E-state index in [1.807, 2.05) is 18.2 Å². The summed E-state index contributed by atoms with van der Waals surface area (Å²) >= 11 is 1.67. The van der Waals surface area contributed by atoms with Crippen LogP contribution < -0.4 is 4.74 Å². The Morgan fingerprint density at radius 2 is 2.10 bits per heavy atom. The van der Waals surface area contributed by atoms with Crippen molar-refractivity contribution < 1.29 is 4.74 Å². The van der Waals surface area contributed by atoms with Gasteiger partial charge in [0, 0.05) is 10.8 Å². The highest BCUT2D eigenvalue weighted by atomic mass is 32.2. The second-order valence-corrected chi connectivity index (χ2v) is 5.64. The number of hydrogen-bond acceptors (Lipinski definition) is 5. The molecule has 0 spiro atoms. The molecule has 1 aromatic carbocycles. The van der Waals surface area contributed by atoms with Crippen LogP contribution in [0.5, 0.6) is 5.75 Å². The molecule has 2 aromatic heterocycles. The lowest BCUT2D eigenvalue weighted by molar-refractivity contribution is 0.410. The Kier molecular flexibility index (Phi) is 3.56. The maximum Gasteiger partial charge on any atom is 0.159 e. The minimum atomic E-state index is 0.221. The van der Waals surface area contributed by atoms with Gasteiger partial charge in [-0.05, 0) is 13.0 Å². The summed E-state index contributed by atoms with van der Waals surface area (Å²) in [5, 5.41) is 8.95. The largest absolute Gasteiger partial charge is 0.496 e. The predicted octanol–water partition coefficient (Wildman–Crippen LogP) is 3.21. The number of aromatic amines is 1. The van der Waals surface area contributed by atoms with Gasteiger partial charge in [0.25, 0.3) is 0 Å².